The fourth-order valence-corrected chi connectivity index (χ4v) is 3.00. The van der Waals surface area contributed by atoms with Gasteiger partial charge in [0.25, 0.3) is 0 Å². The van der Waals surface area contributed by atoms with Crippen molar-refractivity contribution in [2.45, 2.75) is 31.2 Å². The molecular weight excluding hydrogens is 417 g/mol. The summed E-state index contributed by atoms with van der Waals surface area (Å²) in [5.74, 6) is 0. The van der Waals surface area contributed by atoms with E-state index in [1.165, 1.54) is 0 Å². The first kappa shape index (κ1) is 26.0. The van der Waals surface area contributed by atoms with Crippen molar-refractivity contribution in [2.24, 2.45) is 0 Å². The fourth-order valence-electron chi connectivity index (χ4n) is 3.00. The molecule has 1 aliphatic heterocycles. The maximum atomic E-state index is 13.1. The second kappa shape index (κ2) is 10.5. The van der Waals surface area contributed by atoms with E-state index in [4.69, 9.17) is 0 Å². The van der Waals surface area contributed by atoms with Crippen LogP contribution in [-0.2, 0) is 12.4 Å². The quantitative estimate of drug-likeness (QED) is 0.483. The second-order valence-electron chi connectivity index (χ2n) is 6.01. The van der Waals surface area contributed by atoms with E-state index in [1.807, 2.05) is 4.90 Å². The summed E-state index contributed by atoms with van der Waals surface area (Å²) < 4.78 is 78.5. The highest BCUT2D eigenvalue weighted by Gasteiger charge is 2.38. The average Bonchev–Trinajstić information content (AvgIpc) is 2.54. The SMILES string of the molecule is C=CCC[C@@H](c1cc(C(F)(F)F)cc(C(F)(F)F)c1)N1CCNCC1.Cl.Cl. The number of hydrogen-bond donors (Lipinski definition) is 1. The van der Waals surface area contributed by atoms with Crippen molar-refractivity contribution in [2.75, 3.05) is 26.2 Å². The Bertz CT molecular complexity index is 566. The number of hydrogen-bond acceptors (Lipinski definition) is 2. The molecule has 0 bridgehead atoms. The molecule has 1 saturated heterocycles. The van der Waals surface area contributed by atoms with Crippen LogP contribution in [0, 0.1) is 0 Å². The van der Waals surface area contributed by atoms with Crippen molar-refractivity contribution < 1.29 is 26.3 Å². The van der Waals surface area contributed by atoms with E-state index in [0.717, 1.165) is 12.1 Å². The summed E-state index contributed by atoms with van der Waals surface area (Å²) in [6, 6.07) is 1.34. The number of nitrogens with one attached hydrogen (secondary N) is 1. The molecule has 1 aliphatic rings. The van der Waals surface area contributed by atoms with Gasteiger partial charge in [-0.25, -0.2) is 0 Å². The first-order chi connectivity index (χ1) is 11.6. The minimum atomic E-state index is -4.83. The van der Waals surface area contributed by atoms with Gasteiger partial charge in [0.05, 0.1) is 11.1 Å². The zero-order chi connectivity index (χ0) is 18.7. The first-order valence-corrected chi connectivity index (χ1v) is 7.98. The monoisotopic (exact) mass is 438 g/mol. The predicted molar refractivity (Wildman–Crippen MR) is 97.6 cm³/mol. The van der Waals surface area contributed by atoms with Gasteiger partial charge in [-0.15, -0.1) is 31.4 Å². The summed E-state index contributed by atoms with van der Waals surface area (Å²) in [5.41, 5.74) is -2.49. The summed E-state index contributed by atoms with van der Waals surface area (Å²) in [4.78, 5) is 1.93. The molecule has 2 nitrogen and oxygen atoms in total. The third-order valence-corrected chi connectivity index (χ3v) is 4.23. The van der Waals surface area contributed by atoms with Gasteiger partial charge in [-0.2, -0.15) is 26.3 Å². The lowest BCUT2D eigenvalue weighted by Gasteiger charge is -2.35. The molecule has 0 unspecified atom stereocenters. The standard InChI is InChI=1S/C17H20F6N2.2ClH/c1-2-3-4-15(25-7-5-24-6-8-25)12-9-13(16(18,19)20)11-14(10-12)17(21,22)23;;/h2,9-11,15,24H,1,3-8H2;2*1H/t15-;;/m0../s1. The maximum Gasteiger partial charge on any atom is 0.416 e. The van der Waals surface area contributed by atoms with Crippen molar-refractivity contribution in [1.82, 2.24) is 10.2 Å². The molecule has 1 atom stereocenters. The molecule has 0 aliphatic carbocycles. The molecular formula is C17H22Cl2F6N2. The minimum Gasteiger partial charge on any atom is -0.314 e. The van der Waals surface area contributed by atoms with Crippen LogP contribution in [-0.4, -0.2) is 31.1 Å². The van der Waals surface area contributed by atoms with Crippen LogP contribution < -0.4 is 5.32 Å². The van der Waals surface area contributed by atoms with Gasteiger partial charge in [0.1, 0.15) is 0 Å². The Hall–Kier alpha value is -0.960. The van der Waals surface area contributed by atoms with Gasteiger partial charge in [0.2, 0.25) is 0 Å². The molecule has 1 N–H and O–H groups in total. The van der Waals surface area contributed by atoms with Gasteiger partial charge in [-0.05, 0) is 36.6 Å². The van der Waals surface area contributed by atoms with Crippen LogP contribution >= 0.6 is 24.8 Å². The molecule has 0 saturated carbocycles. The Kier molecular flexibility index (Phi) is 10.2. The number of halogens is 8. The normalized spacial score (nSPS) is 16.8. The van der Waals surface area contributed by atoms with Gasteiger partial charge in [-0.3, -0.25) is 4.90 Å². The molecule has 1 aromatic rings. The van der Waals surface area contributed by atoms with Crippen molar-refractivity contribution in [3.8, 4) is 0 Å². The Morgan fingerprint density at radius 2 is 1.44 bits per heavy atom. The van der Waals surface area contributed by atoms with Crippen LogP contribution in [0.25, 0.3) is 0 Å². The highest BCUT2D eigenvalue weighted by molar-refractivity contribution is 5.85. The first-order valence-electron chi connectivity index (χ1n) is 7.98. The Morgan fingerprint density at radius 3 is 1.85 bits per heavy atom. The molecule has 0 radical (unpaired) electrons. The molecule has 10 heteroatoms. The molecule has 1 fully saturated rings. The molecule has 2 rings (SSSR count). The molecule has 27 heavy (non-hydrogen) atoms. The topological polar surface area (TPSA) is 15.3 Å². The lowest BCUT2D eigenvalue weighted by Crippen LogP contribution is -2.45. The molecule has 1 aromatic carbocycles. The van der Waals surface area contributed by atoms with E-state index < -0.39 is 29.5 Å². The fraction of sp³-hybridized carbons (Fsp3) is 0.529. The molecule has 1 heterocycles. The van der Waals surface area contributed by atoms with Crippen molar-refractivity contribution >= 4 is 24.8 Å². The zero-order valence-electron chi connectivity index (χ0n) is 14.4. The van der Waals surface area contributed by atoms with Crippen LogP contribution in [0.4, 0.5) is 26.3 Å². The smallest absolute Gasteiger partial charge is 0.314 e. The van der Waals surface area contributed by atoms with Crippen molar-refractivity contribution in [1.29, 1.82) is 0 Å². The lowest BCUT2D eigenvalue weighted by molar-refractivity contribution is -0.143. The predicted octanol–water partition coefficient (Wildman–Crippen LogP) is 5.48. The summed E-state index contributed by atoms with van der Waals surface area (Å²) in [5, 5.41) is 3.13. The van der Waals surface area contributed by atoms with Crippen LogP contribution in [0.5, 0.6) is 0 Å². The molecule has 0 aromatic heterocycles. The van der Waals surface area contributed by atoms with Crippen molar-refractivity contribution in [3.63, 3.8) is 0 Å². The summed E-state index contributed by atoms with van der Waals surface area (Å²) in [6.07, 6.45) is -7.12. The Balaban J connectivity index is 0.00000338. The largest absolute Gasteiger partial charge is 0.416 e. The number of piperazine rings is 1. The molecule has 0 amide bonds. The van der Waals surface area contributed by atoms with E-state index in [-0.39, 0.29) is 36.4 Å². The van der Waals surface area contributed by atoms with E-state index >= 15 is 0 Å². The third kappa shape index (κ3) is 7.18. The van der Waals surface area contributed by atoms with Crippen molar-refractivity contribution in [3.05, 3.63) is 47.5 Å². The van der Waals surface area contributed by atoms with Crippen LogP contribution in [0.3, 0.4) is 0 Å². The van der Waals surface area contributed by atoms with Gasteiger partial charge in [-0.1, -0.05) is 6.08 Å². The number of benzene rings is 1. The Morgan fingerprint density at radius 1 is 0.963 bits per heavy atom. The van der Waals surface area contributed by atoms with E-state index in [9.17, 15) is 26.3 Å². The summed E-state index contributed by atoms with van der Waals surface area (Å²) >= 11 is 0. The van der Waals surface area contributed by atoms with Gasteiger partial charge < -0.3 is 5.32 Å². The van der Waals surface area contributed by atoms with Gasteiger partial charge >= 0.3 is 12.4 Å². The molecule has 156 valence electrons. The number of alkyl halides is 6. The maximum absolute atomic E-state index is 13.1. The van der Waals surface area contributed by atoms with E-state index in [1.54, 1.807) is 6.08 Å². The summed E-state index contributed by atoms with van der Waals surface area (Å²) in [6.45, 7) is 6.03. The summed E-state index contributed by atoms with van der Waals surface area (Å²) in [7, 11) is 0. The van der Waals surface area contributed by atoms with Gasteiger partial charge in [0.15, 0.2) is 0 Å². The average molecular weight is 439 g/mol. The number of rotatable bonds is 5. The van der Waals surface area contributed by atoms with E-state index in [0.29, 0.717) is 39.0 Å². The van der Waals surface area contributed by atoms with Crippen LogP contribution in [0.2, 0.25) is 0 Å². The number of allylic oxidation sites excluding steroid dienone is 1. The lowest BCUT2D eigenvalue weighted by atomic mass is 9.95. The Labute approximate surface area is 166 Å². The van der Waals surface area contributed by atoms with E-state index in [2.05, 4.69) is 11.9 Å². The number of nitrogens with zero attached hydrogens (tertiary/aromatic N) is 1. The molecule has 0 spiro atoms. The second-order valence-corrected chi connectivity index (χ2v) is 6.01. The zero-order valence-corrected chi connectivity index (χ0v) is 16.0. The van der Waals surface area contributed by atoms with Gasteiger partial charge in [0, 0.05) is 32.2 Å². The third-order valence-electron chi connectivity index (χ3n) is 4.23. The highest BCUT2D eigenvalue weighted by Crippen LogP contribution is 2.39. The minimum absolute atomic E-state index is 0. The van der Waals surface area contributed by atoms with Crippen LogP contribution in [0.1, 0.15) is 35.6 Å². The highest BCUT2D eigenvalue weighted by atomic mass is 35.5. The van der Waals surface area contributed by atoms with Crippen LogP contribution in [0.15, 0.2) is 30.9 Å².